The number of ether oxygens (including phenoxy) is 1. The van der Waals surface area contributed by atoms with Crippen molar-refractivity contribution in [1.29, 1.82) is 0 Å². The topological polar surface area (TPSA) is 244 Å². The first kappa shape index (κ1) is 34.3. The quantitative estimate of drug-likeness (QED) is 0.104. The van der Waals surface area contributed by atoms with Crippen LogP contribution in [0.1, 0.15) is 59.6 Å². The lowest BCUT2D eigenvalue weighted by Gasteiger charge is -2.26. The molecule has 7 atom stereocenters. The van der Waals surface area contributed by atoms with E-state index in [4.69, 9.17) is 16.2 Å². The molecule has 0 unspecified atom stereocenters. The number of hydrogen-bond acceptors (Lipinski definition) is 11. The fraction of sp³-hybridized carbons (Fsp3) is 0.731. The van der Waals surface area contributed by atoms with Crippen molar-refractivity contribution in [3.8, 4) is 0 Å². The highest BCUT2D eigenvalue weighted by Crippen LogP contribution is 2.28. The summed E-state index contributed by atoms with van der Waals surface area (Å²) in [6.07, 6.45) is -2.34. The van der Waals surface area contributed by atoms with Gasteiger partial charge >= 0.3 is 5.69 Å². The van der Waals surface area contributed by atoms with E-state index < -0.39 is 72.7 Å². The summed E-state index contributed by atoms with van der Waals surface area (Å²) < 4.78 is 6.29. The van der Waals surface area contributed by atoms with Gasteiger partial charge < -0.3 is 47.5 Å². The maximum Gasteiger partial charge on any atom is 0.351 e. The number of anilines is 1. The van der Waals surface area contributed by atoms with E-state index in [0.717, 1.165) is 4.57 Å². The zero-order valence-electron chi connectivity index (χ0n) is 24.0. The zero-order chi connectivity index (χ0) is 30.9. The van der Waals surface area contributed by atoms with Crippen molar-refractivity contribution in [2.24, 2.45) is 23.3 Å². The molecule has 15 nitrogen and oxygen atoms in total. The van der Waals surface area contributed by atoms with Crippen LogP contribution < -0.4 is 33.1 Å². The molecule has 0 saturated carbocycles. The fourth-order valence-corrected chi connectivity index (χ4v) is 4.31. The van der Waals surface area contributed by atoms with Gasteiger partial charge in [-0.1, -0.05) is 27.7 Å². The van der Waals surface area contributed by atoms with Crippen molar-refractivity contribution >= 4 is 23.5 Å². The molecule has 1 fully saturated rings. The predicted octanol–water partition coefficient (Wildman–Crippen LogP) is -2.08. The Kier molecular flexibility index (Phi) is 13.3. The van der Waals surface area contributed by atoms with Crippen molar-refractivity contribution in [2.75, 3.05) is 18.5 Å². The smallest absolute Gasteiger partial charge is 0.351 e. The summed E-state index contributed by atoms with van der Waals surface area (Å²) in [5.41, 5.74) is 10.7. The number of nitrogens with one attached hydrogen (secondary N) is 3. The maximum absolute atomic E-state index is 13.2. The number of carbonyl (C=O) groups excluding carboxylic acids is 3. The molecule has 2 rings (SSSR count). The average molecular weight is 584 g/mol. The highest BCUT2D eigenvalue weighted by molar-refractivity contribution is 5.98. The van der Waals surface area contributed by atoms with Crippen molar-refractivity contribution < 1.29 is 34.4 Å². The minimum absolute atomic E-state index is 0.0534. The number of nitrogens with two attached hydrogens (primary N) is 2. The van der Waals surface area contributed by atoms with Gasteiger partial charge in [-0.25, -0.2) is 4.79 Å². The molecule has 1 aromatic rings. The van der Waals surface area contributed by atoms with E-state index in [1.807, 2.05) is 13.8 Å². The molecule has 0 bridgehead atoms. The Bertz CT molecular complexity index is 1080. The molecule has 0 aromatic carbocycles. The Morgan fingerprint density at radius 2 is 1.71 bits per heavy atom. The van der Waals surface area contributed by atoms with Gasteiger partial charge in [0.25, 0.3) is 0 Å². The minimum atomic E-state index is -1.48. The molecule has 3 amide bonds. The molecule has 1 aromatic heterocycles. The van der Waals surface area contributed by atoms with Crippen LogP contribution in [-0.4, -0.2) is 92.2 Å². The minimum Gasteiger partial charge on any atom is -0.394 e. The molecule has 232 valence electrons. The fourth-order valence-electron chi connectivity index (χ4n) is 4.31. The molecule has 2 heterocycles. The molecule has 15 heteroatoms. The maximum atomic E-state index is 13.2. The summed E-state index contributed by atoms with van der Waals surface area (Å²) in [4.78, 5) is 55.5. The van der Waals surface area contributed by atoms with Crippen LogP contribution in [0.2, 0.25) is 0 Å². The molecular formula is C26H45N7O8. The summed E-state index contributed by atoms with van der Waals surface area (Å²) in [5, 5.41) is 37.4. The third kappa shape index (κ3) is 9.55. The van der Waals surface area contributed by atoms with Crippen molar-refractivity contribution in [3.63, 3.8) is 0 Å². The first-order valence-corrected chi connectivity index (χ1v) is 13.9. The van der Waals surface area contributed by atoms with Gasteiger partial charge in [-0.15, -0.1) is 0 Å². The van der Waals surface area contributed by atoms with Gasteiger partial charge in [0, 0.05) is 6.20 Å². The first-order chi connectivity index (χ1) is 19.3. The van der Waals surface area contributed by atoms with Gasteiger partial charge in [-0.2, -0.15) is 4.98 Å². The van der Waals surface area contributed by atoms with Crippen LogP contribution in [0, 0.1) is 11.8 Å². The van der Waals surface area contributed by atoms with E-state index in [9.17, 15) is 34.5 Å². The van der Waals surface area contributed by atoms with Crippen LogP contribution in [0.15, 0.2) is 17.1 Å². The number of aromatic nitrogens is 2. The van der Waals surface area contributed by atoms with Crippen molar-refractivity contribution in [3.05, 3.63) is 22.7 Å². The Morgan fingerprint density at radius 1 is 1.05 bits per heavy atom. The third-order valence-corrected chi connectivity index (χ3v) is 6.81. The molecule has 1 saturated heterocycles. The Balaban J connectivity index is 2.18. The van der Waals surface area contributed by atoms with Crippen LogP contribution in [0.5, 0.6) is 0 Å². The summed E-state index contributed by atoms with van der Waals surface area (Å²) in [7, 11) is 0. The van der Waals surface area contributed by atoms with Gasteiger partial charge in [0.05, 0.1) is 12.6 Å². The number of rotatable bonds is 15. The SMILES string of the molecule is CC(C)C[C@H](NC(=O)[C@H](N)C(C)C)C(=O)N[C@@H](CCCCN)C(=O)Nc1ccn([C@@H]2O[C@H](CO)[C@@H](O)[C@@H]2O)c(=O)n1. The monoisotopic (exact) mass is 583 g/mol. The molecule has 41 heavy (non-hydrogen) atoms. The Hall–Kier alpha value is -2.95. The largest absolute Gasteiger partial charge is 0.394 e. The lowest BCUT2D eigenvalue weighted by atomic mass is 10.00. The number of hydrogen-bond donors (Lipinski definition) is 8. The van der Waals surface area contributed by atoms with Crippen molar-refractivity contribution in [1.82, 2.24) is 20.2 Å². The standard InChI is InChI=1S/C26H45N7O8/c1-13(2)11-16(30-24(39)19(28)14(3)4)23(38)29-15(7-5-6-9-27)22(37)31-18-8-10-33(26(40)32-18)25-21(36)20(35)17(12-34)41-25/h8,10,13-17,19-21,25,34-36H,5-7,9,11-12,27-28H2,1-4H3,(H,29,38)(H,30,39)(H,31,32,37,40)/t15-,16-,17+,19+,20+,21-,25+/m0/s1. The highest BCUT2D eigenvalue weighted by Gasteiger charge is 2.43. The number of aliphatic hydroxyl groups excluding tert-OH is 3. The van der Waals surface area contributed by atoms with Gasteiger partial charge in [-0.05, 0) is 50.1 Å². The Labute approximate surface area is 239 Å². The number of amides is 3. The van der Waals surface area contributed by atoms with E-state index in [-0.39, 0.29) is 24.1 Å². The van der Waals surface area contributed by atoms with Crippen LogP contribution in [0.4, 0.5) is 5.82 Å². The highest BCUT2D eigenvalue weighted by atomic mass is 16.6. The summed E-state index contributed by atoms with van der Waals surface area (Å²) >= 11 is 0. The summed E-state index contributed by atoms with van der Waals surface area (Å²) in [5.74, 6) is -1.86. The predicted molar refractivity (Wildman–Crippen MR) is 149 cm³/mol. The molecule has 0 aliphatic carbocycles. The normalized spacial score (nSPS) is 22.8. The number of nitrogens with zero attached hydrogens (tertiary/aromatic N) is 2. The average Bonchev–Trinajstić information content (AvgIpc) is 3.19. The second-order valence-electron chi connectivity index (χ2n) is 11.0. The number of unbranched alkanes of at least 4 members (excludes halogenated alkanes) is 1. The molecule has 10 N–H and O–H groups in total. The third-order valence-electron chi connectivity index (χ3n) is 6.81. The van der Waals surface area contributed by atoms with E-state index >= 15 is 0 Å². The lowest BCUT2D eigenvalue weighted by Crippen LogP contribution is -2.56. The first-order valence-electron chi connectivity index (χ1n) is 13.9. The van der Waals surface area contributed by atoms with E-state index in [0.29, 0.717) is 25.8 Å². The van der Waals surface area contributed by atoms with E-state index in [2.05, 4.69) is 20.9 Å². The van der Waals surface area contributed by atoms with Crippen LogP contribution in [0.3, 0.4) is 0 Å². The van der Waals surface area contributed by atoms with E-state index in [1.54, 1.807) is 13.8 Å². The Morgan fingerprint density at radius 3 is 2.24 bits per heavy atom. The molecular weight excluding hydrogens is 538 g/mol. The summed E-state index contributed by atoms with van der Waals surface area (Å²) in [6, 6.07) is -1.45. The lowest BCUT2D eigenvalue weighted by molar-refractivity contribution is -0.132. The van der Waals surface area contributed by atoms with Gasteiger partial charge in [0.1, 0.15) is 36.2 Å². The van der Waals surface area contributed by atoms with Crippen LogP contribution in [-0.2, 0) is 19.1 Å². The van der Waals surface area contributed by atoms with E-state index in [1.165, 1.54) is 12.3 Å². The van der Waals surface area contributed by atoms with Crippen molar-refractivity contribution in [2.45, 2.75) is 96.0 Å². The molecule has 1 aliphatic rings. The van der Waals surface area contributed by atoms with Crippen LogP contribution >= 0.6 is 0 Å². The number of aliphatic hydroxyl groups is 3. The van der Waals surface area contributed by atoms with Gasteiger partial charge in [0.2, 0.25) is 17.7 Å². The molecule has 0 spiro atoms. The van der Waals surface area contributed by atoms with Crippen LogP contribution in [0.25, 0.3) is 0 Å². The zero-order valence-corrected chi connectivity index (χ0v) is 24.0. The van der Waals surface area contributed by atoms with Gasteiger partial charge in [0.15, 0.2) is 6.23 Å². The summed E-state index contributed by atoms with van der Waals surface area (Å²) in [6.45, 7) is 7.22. The molecule has 1 aliphatic heterocycles. The second-order valence-corrected chi connectivity index (χ2v) is 11.0. The second kappa shape index (κ2) is 15.9. The number of carbonyl (C=O) groups is 3. The molecule has 0 radical (unpaired) electrons. The van der Waals surface area contributed by atoms with Gasteiger partial charge in [-0.3, -0.25) is 19.0 Å².